The van der Waals surface area contributed by atoms with Gasteiger partial charge in [-0.15, -0.1) is 13.2 Å². The molecule has 1 aliphatic carbocycles. The highest BCUT2D eigenvalue weighted by Gasteiger charge is 2.42. The van der Waals surface area contributed by atoms with Crippen LogP contribution in [0.15, 0.2) is 60.9 Å². The fraction of sp³-hybridized carbons (Fsp3) is 0.300. The van der Waals surface area contributed by atoms with E-state index in [0.29, 0.717) is 30.4 Å². The van der Waals surface area contributed by atoms with Crippen molar-refractivity contribution < 1.29 is 19.7 Å². The molecule has 0 aliphatic heterocycles. The molecule has 128 valence electrons. The van der Waals surface area contributed by atoms with Crippen LogP contribution in [0.4, 0.5) is 0 Å². The number of methoxy groups -OCH3 is 2. The monoisotopic (exact) mass is 328 g/mol. The molecule has 0 unspecified atom stereocenters. The van der Waals surface area contributed by atoms with Crippen molar-refractivity contribution in [3.05, 3.63) is 72.0 Å². The highest BCUT2D eigenvalue weighted by atomic mass is 16.7. The number of allylic oxidation sites excluding steroid dienone is 3. The van der Waals surface area contributed by atoms with Gasteiger partial charge in [-0.1, -0.05) is 29.9 Å². The van der Waals surface area contributed by atoms with E-state index < -0.39 is 5.79 Å². The maximum absolute atomic E-state index is 10.6. The number of aliphatic hydroxyl groups excluding tert-OH is 1. The number of phenolic OH excluding ortho intramolecular Hbond substituents is 1. The molecule has 0 saturated carbocycles. The minimum absolute atomic E-state index is 0.0218. The summed E-state index contributed by atoms with van der Waals surface area (Å²) in [5.74, 6) is -1.07. The van der Waals surface area contributed by atoms with E-state index in [9.17, 15) is 10.2 Å². The van der Waals surface area contributed by atoms with Crippen molar-refractivity contribution in [2.75, 3.05) is 14.2 Å². The van der Waals surface area contributed by atoms with Gasteiger partial charge in [0.1, 0.15) is 11.5 Å². The molecule has 1 aliphatic rings. The smallest absolute Gasteiger partial charge is 0.202 e. The van der Waals surface area contributed by atoms with Crippen LogP contribution < -0.4 is 0 Å². The summed E-state index contributed by atoms with van der Waals surface area (Å²) in [5, 5.41) is 21.0. The number of hydrogen-bond donors (Lipinski definition) is 2. The minimum atomic E-state index is -1.16. The second-order valence-corrected chi connectivity index (χ2v) is 5.74. The highest BCUT2D eigenvalue weighted by Crippen LogP contribution is 2.45. The number of aromatic hydroxyl groups is 1. The summed E-state index contributed by atoms with van der Waals surface area (Å²) < 4.78 is 11.3. The molecule has 0 amide bonds. The molecule has 0 atom stereocenters. The second-order valence-electron chi connectivity index (χ2n) is 5.74. The molecule has 0 fully saturated rings. The zero-order chi connectivity index (χ0) is 17.7. The summed E-state index contributed by atoms with van der Waals surface area (Å²) in [6, 6.07) is 5.31. The Kier molecular flexibility index (Phi) is 5.65. The number of rotatable bonds is 7. The van der Waals surface area contributed by atoms with Crippen molar-refractivity contribution in [3.63, 3.8) is 0 Å². The Hall–Kier alpha value is -2.30. The normalized spacial score (nSPS) is 16.7. The third-order valence-corrected chi connectivity index (χ3v) is 4.22. The molecule has 0 saturated heterocycles. The average molecular weight is 328 g/mol. The van der Waals surface area contributed by atoms with Gasteiger partial charge in [0.05, 0.1) is 5.57 Å². The highest BCUT2D eigenvalue weighted by molar-refractivity contribution is 5.79. The van der Waals surface area contributed by atoms with Crippen molar-refractivity contribution in [2.24, 2.45) is 0 Å². The number of benzene rings is 1. The zero-order valence-corrected chi connectivity index (χ0v) is 14.2. The Morgan fingerprint density at radius 2 is 1.79 bits per heavy atom. The summed E-state index contributed by atoms with van der Waals surface area (Å²) in [6.07, 6.45) is 6.94. The summed E-state index contributed by atoms with van der Waals surface area (Å²) in [5.41, 5.74) is 2.78. The van der Waals surface area contributed by atoms with Gasteiger partial charge in [0.2, 0.25) is 5.79 Å². The molecule has 24 heavy (non-hydrogen) atoms. The molecule has 0 heterocycles. The third kappa shape index (κ3) is 3.30. The Bertz CT molecular complexity index is 694. The van der Waals surface area contributed by atoms with Gasteiger partial charge in [0, 0.05) is 26.2 Å². The first kappa shape index (κ1) is 18.0. The van der Waals surface area contributed by atoms with Crippen LogP contribution >= 0.6 is 0 Å². The fourth-order valence-electron chi connectivity index (χ4n) is 3.07. The van der Waals surface area contributed by atoms with Crippen LogP contribution in [0.5, 0.6) is 5.75 Å². The van der Waals surface area contributed by atoms with Crippen LogP contribution in [0, 0.1) is 0 Å². The predicted octanol–water partition coefficient (Wildman–Crippen LogP) is 4.29. The molecule has 4 nitrogen and oxygen atoms in total. The first-order valence-electron chi connectivity index (χ1n) is 7.78. The fourth-order valence-corrected chi connectivity index (χ4v) is 3.07. The van der Waals surface area contributed by atoms with Gasteiger partial charge in [-0.25, -0.2) is 0 Å². The predicted molar refractivity (Wildman–Crippen MR) is 95.8 cm³/mol. The number of phenols is 1. The lowest BCUT2D eigenvalue weighted by molar-refractivity contribution is -0.162. The zero-order valence-electron chi connectivity index (χ0n) is 14.2. The molecule has 4 heteroatoms. The van der Waals surface area contributed by atoms with E-state index in [-0.39, 0.29) is 11.5 Å². The van der Waals surface area contributed by atoms with E-state index >= 15 is 0 Å². The van der Waals surface area contributed by atoms with Crippen LogP contribution in [-0.2, 0) is 15.9 Å². The average Bonchev–Trinajstić information content (AvgIpc) is 2.56. The first-order chi connectivity index (χ1) is 11.5. The Morgan fingerprint density at radius 3 is 2.33 bits per heavy atom. The number of ether oxygens (including phenoxy) is 2. The largest absolute Gasteiger partial charge is 0.507 e. The topological polar surface area (TPSA) is 58.9 Å². The summed E-state index contributed by atoms with van der Waals surface area (Å²) >= 11 is 0. The van der Waals surface area contributed by atoms with Gasteiger partial charge in [-0.2, -0.15) is 0 Å². The van der Waals surface area contributed by atoms with Gasteiger partial charge in [0.25, 0.3) is 0 Å². The molecule has 1 aromatic carbocycles. The SMILES string of the molecule is C=CCC1=CC(O)=C(c2ccc(CC=C)cc2O)C(OC)(OC)C1. The molecular weight excluding hydrogens is 304 g/mol. The lowest BCUT2D eigenvalue weighted by Crippen LogP contribution is -2.38. The van der Waals surface area contributed by atoms with Gasteiger partial charge in [-0.05, 0) is 30.5 Å². The van der Waals surface area contributed by atoms with Crippen LogP contribution in [0.1, 0.15) is 24.0 Å². The summed E-state index contributed by atoms with van der Waals surface area (Å²) in [7, 11) is 3.05. The van der Waals surface area contributed by atoms with Gasteiger partial charge < -0.3 is 19.7 Å². The van der Waals surface area contributed by atoms with Crippen LogP contribution in [0.2, 0.25) is 0 Å². The maximum Gasteiger partial charge on any atom is 0.202 e. The van der Waals surface area contributed by atoms with Crippen molar-refractivity contribution in [3.8, 4) is 5.75 Å². The molecular formula is C20H24O4. The van der Waals surface area contributed by atoms with Gasteiger partial charge in [0.15, 0.2) is 0 Å². The van der Waals surface area contributed by atoms with Crippen LogP contribution in [0.25, 0.3) is 5.57 Å². The minimum Gasteiger partial charge on any atom is -0.507 e. The Morgan fingerprint density at radius 1 is 1.12 bits per heavy atom. The molecule has 0 bridgehead atoms. The Balaban J connectivity index is 2.60. The van der Waals surface area contributed by atoms with Crippen molar-refractivity contribution >= 4 is 5.57 Å². The van der Waals surface area contributed by atoms with E-state index in [0.717, 1.165) is 11.1 Å². The van der Waals surface area contributed by atoms with Crippen molar-refractivity contribution in [1.29, 1.82) is 0 Å². The second kappa shape index (κ2) is 7.51. The van der Waals surface area contributed by atoms with Crippen LogP contribution in [-0.4, -0.2) is 30.2 Å². The molecule has 0 radical (unpaired) electrons. The number of hydrogen-bond acceptors (Lipinski definition) is 4. The molecule has 2 N–H and O–H groups in total. The first-order valence-corrected chi connectivity index (χ1v) is 7.78. The summed E-state index contributed by atoms with van der Waals surface area (Å²) in [4.78, 5) is 0. The number of aliphatic hydroxyl groups is 1. The van der Waals surface area contributed by atoms with E-state index in [2.05, 4.69) is 13.2 Å². The quantitative estimate of drug-likeness (QED) is 0.579. The molecule has 0 spiro atoms. The maximum atomic E-state index is 10.6. The van der Waals surface area contributed by atoms with Crippen LogP contribution in [0.3, 0.4) is 0 Å². The van der Waals surface area contributed by atoms with Crippen molar-refractivity contribution in [1.82, 2.24) is 0 Å². The lowest BCUT2D eigenvalue weighted by atomic mass is 9.84. The summed E-state index contributed by atoms with van der Waals surface area (Å²) in [6.45, 7) is 7.43. The van der Waals surface area contributed by atoms with E-state index in [1.165, 1.54) is 14.2 Å². The van der Waals surface area contributed by atoms with Gasteiger partial charge in [-0.3, -0.25) is 0 Å². The molecule has 0 aromatic heterocycles. The third-order valence-electron chi connectivity index (χ3n) is 4.22. The molecule has 2 rings (SSSR count). The Labute approximate surface area is 143 Å². The van der Waals surface area contributed by atoms with E-state index in [4.69, 9.17) is 9.47 Å². The standard InChI is InChI=1S/C20H24O4/c1-5-7-14-9-10-16(17(21)11-14)19-18(22)12-15(8-6-2)13-20(19,23-3)24-4/h5-6,9-12,21-22H,1-2,7-8,13H2,3-4H3. The van der Waals surface area contributed by atoms with Crippen molar-refractivity contribution in [2.45, 2.75) is 25.0 Å². The van der Waals surface area contributed by atoms with Gasteiger partial charge >= 0.3 is 0 Å². The lowest BCUT2D eigenvalue weighted by Gasteiger charge is -2.37. The van der Waals surface area contributed by atoms with E-state index in [1.807, 2.05) is 6.07 Å². The van der Waals surface area contributed by atoms with E-state index in [1.54, 1.807) is 30.4 Å². The molecule has 1 aromatic rings.